The molecule has 0 aliphatic heterocycles. The van der Waals surface area contributed by atoms with E-state index in [0.717, 1.165) is 12.0 Å². The van der Waals surface area contributed by atoms with Crippen LogP contribution in [0.2, 0.25) is 0 Å². The van der Waals surface area contributed by atoms with Gasteiger partial charge in [-0.25, -0.2) is 0 Å². The first-order valence-corrected chi connectivity index (χ1v) is 3.84. The molecule has 4 nitrogen and oxygen atoms in total. The van der Waals surface area contributed by atoms with Crippen molar-refractivity contribution in [1.29, 1.82) is 0 Å². The third-order valence-corrected chi connectivity index (χ3v) is 1.50. The van der Waals surface area contributed by atoms with Gasteiger partial charge in [0.2, 0.25) is 0 Å². The molecule has 66 valence electrons. The van der Waals surface area contributed by atoms with Gasteiger partial charge in [0.05, 0.1) is 0 Å². The van der Waals surface area contributed by atoms with Crippen molar-refractivity contribution in [1.82, 2.24) is 5.16 Å². The van der Waals surface area contributed by atoms with E-state index in [0.29, 0.717) is 5.92 Å². The molecule has 1 aromatic heterocycles. The number of carbonyl (C=O) groups excluding carboxylic acids is 1. The van der Waals surface area contributed by atoms with Crippen molar-refractivity contribution in [2.75, 3.05) is 0 Å². The van der Waals surface area contributed by atoms with Gasteiger partial charge in [-0.15, -0.1) is 0 Å². The van der Waals surface area contributed by atoms with Crippen LogP contribution in [0.15, 0.2) is 10.8 Å². The summed E-state index contributed by atoms with van der Waals surface area (Å²) >= 11 is 0. The van der Waals surface area contributed by atoms with E-state index < -0.39 is 5.91 Å². The molecule has 0 aliphatic carbocycles. The van der Waals surface area contributed by atoms with Gasteiger partial charge in [0.15, 0.2) is 5.69 Å². The van der Waals surface area contributed by atoms with Crippen LogP contribution < -0.4 is 5.73 Å². The molecule has 0 aliphatic rings. The van der Waals surface area contributed by atoms with Crippen molar-refractivity contribution >= 4 is 5.91 Å². The van der Waals surface area contributed by atoms with Gasteiger partial charge in [-0.05, 0) is 12.3 Å². The predicted molar refractivity (Wildman–Crippen MR) is 43.6 cm³/mol. The summed E-state index contributed by atoms with van der Waals surface area (Å²) in [6.45, 7) is 4.11. The van der Waals surface area contributed by atoms with Crippen molar-refractivity contribution in [3.05, 3.63) is 17.5 Å². The summed E-state index contributed by atoms with van der Waals surface area (Å²) in [4.78, 5) is 10.8. The highest BCUT2D eigenvalue weighted by atomic mass is 16.5. The monoisotopic (exact) mass is 168 g/mol. The number of carbonyl (C=O) groups is 1. The quantitative estimate of drug-likeness (QED) is 0.731. The van der Waals surface area contributed by atoms with Gasteiger partial charge >= 0.3 is 0 Å². The van der Waals surface area contributed by atoms with Crippen LogP contribution in [0.1, 0.15) is 29.9 Å². The number of amides is 1. The normalized spacial score (nSPS) is 10.6. The number of nitrogens with zero attached hydrogens (tertiary/aromatic N) is 1. The maximum atomic E-state index is 10.8. The zero-order valence-corrected chi connectivity index (χ0v) is 7.20. The summed E-state index contributed by atoms with van der Waals surface area (Å²) in [5.74, 6) is -0.0677. The van der Waals surface area contributed by atoms with E-state index in [1.807, 2.05) is 0 Å². The Balaban J connectivity index is 2.84. The molecular formula is C8H12N2O2. The summed E-state index contributed by atoms with van der Waals surface area (Å²) < 4.78 is 4.66. The minimum atomic E-state index is -0.528. The molecule has 0 bridgehead atoms. The highest BCUT2D eigenvalue weighted by molar-refractivity contribution is 5.91. The van der Waals surface area contributed by atoms with Crippen LogP contribution in [0.5, 0.6) is 0 Å². The Kier molecular flexibility index (Phi) is 2.47. The third kappa shape index (κ3) is 1.84. The minimum Gasteiger partial charge on any atom is -0.364 e. The predicted octanol–water partition coefficient (Wildman–Crippen LogP) is 0.972. The molecule has 1 amide bonds. The smallest absolute Gasteiger partial charge is 0.271 e. The zero-order chi connectivity index (χ0) is 9.14. The Morgan fingerprint density at radius 2 is 2.42 bits per heavy atom. The van der Waals surface area contributed by atoms with Gasteiger partial charge in [-0.3, -0.25) is 4.79 Å². The van der Waals surface area contributed by atoms with E-state index in [-0.39, 0.29) is 5.69 Å². The van der Waals surface area contributed by atoms with E-state index in [1.165, 1.54) is 6.26 Å². The largest absolute Gasteiger partial charge is 0.364 e. The summed E-state index contributed by atoms with van der Waals surface area (Å²) in [5, 5.41) is 3.52. The molecule has 0 saturated carbocycles. The van der Waals surface area contributed by atoms with Crippen LogP contribution >= 0.6 is 0 Å². The minimum absolute atomic E-state index is 0.253. The molecule has 12 heavy (non-hydrogen) atoms. The van der Waals surface area contributed by atoms with Gasteiger partial charge in [-0.1, -0.05) is 19.0 Å². The number of nitrogens with two attached hydrogens (primary N) is 1. The van der Waals surface area contributed by atoms with E-state index in [4.69, 9.17) is 5.73 Å². The SMILES string of the molecule is CC(C)Cc1conc1C(N)=O. The standard InChI is InChI=1S/C8H12N2O2/c1-5(2)3-6-4-12-10-7(6)8(9)11/h4-5H,3H2,1-2H3,(H2,9,11). The highest BCUT2D eigenvalue weighted by Gasteiger charge is 2.13. The number of rotatable bonds is 3. The van der Waals surface area contributed by atoms with E-state index in [1.54, 1.807) is 0 Å². The molecule has 0 unspecified atom stereocenters. The molecule has 0 fully saturated rings. The molecule has 1 rings (SSSR count). The first-order chi connectivity index (χ1) is 5.61. The highest BCUT2D eigenvalue weighted by Crippen LogP contribution is 2.11. The molecular weight excluding hydrogens is 156 g/mol. The lowest BCUT2D eigenvalue weighted by molar-refractivity contribution is 0.0991. The molecule has 1 aromatic rings. The summed E-state index contributed by atoms with van der Waals surface area (Å²) in [6.07, 6.45) is 2.24. The lowest BCUT2D eigenvalue weighted by Crippen LogP contribution is -2.14. The first-order valence-electron chi connectivity index (χ1n) is 3.84. The maximum absolute atomic E-state index is 10.8. The molecule has 1 heterocycles. The fraction of sp³-hybridized carbons (Fsp3) is 0.500. The maximum Gasteiger partial charge on any atom is 0.271 e. The summed E-state index contributed by atoms with van der Waals surface area (Å²) in [6, 6.07) is 0. The van der Waals surface area contributed by atoms with E-state index in [2.05, 4.69) is 23.5 Å². The van der Waals surface area contributed by atoms with E-state index >= 15 is 0 Å². The second-order valence-electron chi connectivity index (χ2n) is 3.15. The van der Waals surface area contributed by atoms with Gasteiger partial charge in [0.25, 0.3) is 5.91 Å². The topological polar surface area (TPSA) is 69.1 Å². The van der Waals surface area contributed by atoms with Crippen molar-refractivity contribution < 1.29 is 9.32 Å². The average molecular weight is 168 g/mol. The molecule has 0 saturated heterocycles. The molecule has 4 heteroatoms. The molecule has 2 N–H and O–H groups in total. The van der Waals surface area contributed by atoms with Crippen LogP contribution in [-0.2, 0) is 6.42 Å². The Labute approximate surface area is 70.7 Å². The van der Waals surface area contributed by atoms with Crippen LogP contribution in [0.4, 0.5) is 0 Å². The second-order valence-corrected chi connectivity index (χ2v) is 3.15. The second kappa shape index (κ2) is 3.38. The zero-order valence-electron chi connectivity index (χ0n) is 7.20. The molecule has 0 radical (unpaired) electrons. The van der Waals surface area contributed by atoms with Crippen LogP contribution in [-0.4, -0.2) is 11.1 Å². The lowest BCUT2D eigenvalue weighted by atomic mass is 10.0. The Bertz CT molecular complexity index is 278. The van der Waals surface area contributed by atoms with Crippen molar-refractivity contribution in [3.63, 3.8) is 0 Å². The van der Waals surface area contributed by atoms with Gasteiger partial charge < -0.3 is 10.3 Å². The fourth-order valence-electron chi connectivity index (χ4n) is 1.04. The molecule has 0 spiro atoms. The molecule has 0 atom stereocenters. The number of hydrogen-bond donors (Lipinski definition) is 1. The lowest BCUT2D eigenvalue weighted by Gasteiger charge is -2.00. The van der Waals surface area contributed by atoms with E-state index in [9.17, 15) is 4.79 Å². The van der Waals surface area contributed by atoms with Crippen LogP contribution in [0.3, 0.4) is 0 Å². The summed E-state index contributed by atoms with van der Waals surface area (Å²) in [7, 11) is 0. The Morgan fingerprint density at radius 3 is 2.92 bits per heavy atom. The van der Waals surface area contributed by atoms with Gasteiger partial charge in [0, 0.05) is 5.56 Å². The van der Waals surface area contributed by atoms with Crippen molar-refractivity contribution in [2.45, 2.75) is 20.3 Å². The number of aromatic nitrogens is 1. The first kappa shape index (κ1) is 8.77. The summed E-state index contributed by atoms with van der Waals surface area (Å²) in [5.41, 5.74) is 6.12. The van der Waals surface area contributed by atoms with Crippen LogP contribution in [0, 0.1) is 5.92 Å². The average Bonchev–Trinajstić information content (AvgIpc) is 2.33. The van der Waals surface area contributed by atoms with Gasteiger partial charge in [-0.2, -0.15) is 0 Å². The van der Waals surface area contributed by atoms with Crippen molar-refractivity contribution in [3.8, 4) is 0 Å². The number of hydrogen-bond acceptors (Lipinski definition) is 3. The number of primary amides is 1. The fourth-order valence-corrected chi connectivity index (χ4v) is 1.04. The van der Waals surface area contributed by atoms with Gasteiger partial charge in [0.1, 0.15) is 6.26 Å². The third-order valence-electron chi connectivity index (χ3n) is 1.50. The van der Waals surface area contributed by atoms with Crippen molar-refractivity contribution in [2.24, 2.45) is 11.7 Å². The Morgan fingerprint density at radius 1 is 1.75 bits per heavy atom. The Hall–Kier alpha value is -1.32. The van der Waals surface area contributed by atoms with Crippen LogP contribution in [0.25, 0.3) is 0 Å². The molecule has 0 aromatic carbocycles.